The maximum absolute atomic E-state index is 12.1. The number of pyridine rings is 1. The quantitative estimate of drug-likeness (QED) is 0.634. The molecule has 0 aliphatic carbocycles. The van der Waals surface area contributed by atoms with Crippen molar-refractivity contribution in [3.63, 3.8) is 0 Å². The molecule has 1 aromatic carbocycles. The first kappa shape index (κ1) is 17.4. The molecule has 0 fully saturated rings. The molecule has 0 saturated heterocycles. The first-order valence-corrected chi connectivity index (χ1v) is 7.28. The zero-order valence-electron chi connectivity index (χ0n) is 12.7. The van der Waals surface area contributed by atoms with Crippen LogP contribution < -0.4 is 11.1 Å². The summed E-state index contributed by atoms with van der Waals surface area (Å²) in [5, 5.41) is 2.56. The van der Waals surface area contributed by atoms with Crippen molar-refractivity contribution in [1.82, 2.24) is 4.98 Å². The number of carbonyl (C=O) groups is 3. The SMILES string of the molecule is CC(OC(=O)c1cccnc1Cl)C(=O)Nc1ccc(C(N)=O)cc1. The zero-order chi connectivity index (χ0) is 17.7. The van der Waals surface area contributed by atoms with E-state index in [1.54, 1.807) is 0 Å². The van der Waals surface area contributed by atoms with Crippen LogP contribution in [0.1, 0.15) is 27.6 Å². The minimum Gasteiger partial charge on any atom is -0.449 e. The summed E-state index contributed by atoms with van der Waals surface area (Å²) in [4.78, 5) is 38.8. The molecular weight excluding hydrogens is 334 g/mol. The van der Waals surface area contributed by atoms with Crippen LogP contribution in [-0.2, 0) is 9.53 Å². The average molecular weight is 348 g/mol. The first-order chi connectivity index (χ1) is 11.4. The number of nitrogens with two attached hydrogens (primary N) is 1. The highest BCUT2D eigenvalue weighted by atomic mass is 35.5. The molecule has 0 aliphatic heterocycles. The fraction of sp³-hybridized carbons (Fsp3) is 0.125. The summed E-state index contributed by atoms with van der Waals surface area (Å²) < 4.78 is 5.06. The molecule has 1 heterocycles. The van der Waals surface area contributed by atoms with Crippen molar-refractivity contribution >= 4 is 35.1 Å². The Balaban J connectivity index is 1.98. The van der Waals surface area contributed by atoms with Gasteiger partial charge in [0.05, 0.1) is 5.56 Å². The summed E-state index contributed by atoms with van der Waals surface area (Å²) in [6.07, 6.45) is 0.384. The zero-order valence-corrected chi connectivity index (χ0v) is 13.4. The van der Waals surface area contributed by atoms with Crippen molar-refractivity contribution in [1.29, 1.82) is 0 Å². The van der Waals surface area contributed by atoms with E-state index in [0.29, 0.717) is 11.3 Å². The van der Waals surface area contributed by atoms with Crippen LogP contribution in [0.5, 0.6) is 0 Å². The topological polar surface area (TPSA) is 111 Å². The molecule has 2 aromatic rings. The minimum atomic E-state index is -1.05. The van der Waals surface area contributed by atoms with Gasteiger partial charge in [-0.25, -0.2) is 9.78 Å². The molecule has 1 unspecified atom stereocenters. The van der Waals surface area contributed by atoms with Gasteiger partial charge < -0.3 is 15.8 Å². The highest BCUT2D eigenvalue weighted by Crippen LogP contribution is 2.15. The molecule has 0 radical (unpaired) electrons. The van der Waals surface area contributed by atoms with Crippen LogP contribution >= 0.6 is 11.6 Å². The van der Waals surface area contributed by atoms with E-state index in [1.165, 1.54) is 49.5 Å². The Hall–Kier alpha value is -2.93. The maximum Gasteiger partial charge on any atom is 0.342 e. The second kappa shape index (κ2) is 7.56. The summed E-state index contributed by atoms with van der Waals surface area (Å²) in [6.45, 7) is 1.43. The lowest BCUT2D eigenvalue weighted by molar-refractivity contribution is -0.123. The van der Waals surface area contributed by atoms with Crippen molar-refractivity contribution in [2.75, 3.05) is 5.32 Å². The maximum atomic E-state index is 12.1. The van der Waals surface area contributed by atoms with Crippen molar-refractivity contribution in [3.05, 3.63) is 58.9 Å². The van der Waals surface area contributed by atoms with Crippen molar-refractivity contribution < 1.29 is 19.1 Å². The van der Waals surface area contributed by atoms with Gasteiger partial charge in [0.1, 0.15) is 5.15 Å². The van der Waals surface area contributed by atoms with Gasteiger partial charge in [-0.3, -0.25) is 9.59 Å². The molecule has 2 rings (SSSR count). The number of aromatic nitrogens is 1. The van der Waals surface area contributed by atoms with E-state index in [1.807, 2.05) is 0 Å². The normalized spacial score (nSPS) is 11.4. The molecule has 8 heteroatoms. The highest BCUT2D eigenvalue weighted by molar-refractivity contribution is 6.32. The van der Waals surface area contributed by atoms with Gasteiger partial charge in [0.2, 0.25) is 5.91 Å². The molecule has 124 valence electrons. The van der Waals surface area contributed by atoms with Gasteiger partial charge in [0.15, 0.2) is 6.10 Å². The Morgan fingerprint density at radius 1 is 1.21 bits per heavy atom. The number of carbonyl (C=O) groups excluding carboxylic acids is 3. The second-order valence-corrected chi connectivity index (χ2v) is 5.18. The van der Waals surface area contributed by atoms with Gasteiger partial charge in [0, 0.05) is 17.4 Å². The molecule has 7 nitrogen and oxygen atoms in total. The first-order valence-electron chi connectivity index (χ1n) is 6.90. The number of ether oxygens (including phenoxy) is 1. The molecule has 3 N–H and O–H groups in total. The smallest absolute Gasteiger partial charge is 0.342 e. The number of rotatable bonds is 5. The van der Waals surface area contributed by atoms with Crippen LogP contribution in [0.2, 0.25) is 5.15 Å². The van der Waals surface area contributed by atoms with Crippen LogP contribution in [0.25, 0.3) is 0 Å². The number of nitrogens with zero attached hydrogens (tertiary/aromatic N) is 1. The third kappa shape index (κ3) is 4.30. The van der Waals surface area contributed by atoms with Gasteiger partial charge in [-0.05, 0) is 43.3 Å². The molecule has 0 spiro atoms. The largest absolute Gasteiger partial charge is 0.449 e. The number of nitrogens with one attached hydrogen (secondary N) is 1. The van der Waals surface area contributed by atoms with E-state index in [9.17, 15) is 14.4 Å². The van der Waals surface area contributed by atoms with Crippen LogP contribution in [0, 0.1) is 0 Å². The molecule has 0 aliphatic rings. The molecular formula is C16H14ClN3O4. The number of hydrogen-bond acceptors (Lipinski definition) is 5. The number of amides is 2. The number of esters is 1. The van der Waals surface area contributed by atoms with Crippen LogP contribution in [0.4, 0.5) is 5.69 Å². The Morgan fingerprint density at radius 2 is 1.88 bits per heavy atom. The third-order valence-electron chi connectivity index (χ3n) is 3.07. The van der Waals surface area contributed by atoms with Gasteiger partial charge in [-0.1, -0.05) is 11.6 Å². The summed E-state index contributed by atoms with van der Waals surface area (Å²) in [6, 6.07) is 8.97. The van der Waals surface area contributed by atoms with Gasteiger partial charge in [0.25, 0.3) is 5.91 Å². The second-order valence-electron chi connectivity index (χ2n) is 4.82. The Morgan fingerprint density at radius 3 is 2.46 bits per heavy atom. The van der Waals surface area contributed by atoms with E-state index in [-0.39, 0.29) is 10.7 Å². The predicted octanol–water partition coefficient (Wildman–Crippen LogP) is 2.02. The molecule has 0 saturated carbocycles. The summed E-state index contributed by atoms with van der Waals surface area (Å²) in [5.74, 6) is -1.85. The van der Waals surface area contributed by atoms with Crippen LogP contribution in [0.15, 0.2) is 42.6 Å². The minimum absolute atomic E-state index is 0.00264. The van der Waals surface area contributed by atoms with Crippen molar-refractivity contribution in [3.8, 4) is 0 Å². The Kier molecular flexibility index (Phi) is 5.49. The number of anilines is 1. The van der Waals surface area contributed by atoms with Gasteiger partial charge >= 0.3 is 5.97 Å². The molecule has 1 aromatic heterocycles. The monoisotopic (exact) mass is 347 g/mol. The van der Waals surface area contributed by atoms with Crippen LogP contribution in [-0.4, -0.2) is 28.9 Å². The van der Waals surface area contributed by atoms with Crippen molar-refractivity contribution in [2.45, 2.75) is 13.0 Å². The highest BCUT2D eigenvalue weighted by Gasteiger charge is 2.21. The van der Waals surface area contributed by atoms with Crippen molar-refractivity contribution in [2.24, 2.45) is 5.73 Å². The van der Waals surface area contributed by atoms with E-state index in [4.69, 9.17) is 22.1 Å². The lowest BCUT2D eigenvalue weighted by Gasteiger charge is -2.14. The van der Waals surface area contributed by atoms with Gasteiger partial charge in [-0.15, -0.1) is 0 Å². The number of halogens is 1. The summed E-state index contributed by atoms with van der Waals surface area (Å²) >= 11 is 5.80. The van der Waals surface area contributed by atoms with E-state index in [2.05, 4.69) is 10.3 Å². The lowest BCUT2D eigenvalue weighted by Crippen LogP contribution is -2.30. The molecule has 0 bridgehead atoms. The molecule has 1 atom stereocenters. The van der Waals surface area contributed by atoms with E-state index in [0.717, 1.165) is 0 Å². The van der Waals surface area contributed by atoms with E-state index >= 15 is 0 Å². The molecule has 2 amide bonds. The standard InChI is InChI=1S/C16H14ClN3O4/c1-9(24-16(23)12-3-2-8-19-13(12)17)15(22)20-11-6-4-10(5-7-11)14(18)21/h2-9H,1H3,(H2,18,21)(H,20,22). The fourth-order valence-electron chi connectivity index (χ4n) is 1.78. The third-order valence-corrected chi connectivity index (χ3v) is 3.37. The summed E-state index contributed by atoms with van der Waals surface area (Å²) in [5.41, 5.74) is 5.97. The predicted molar refractivity (Wildman–Crippen MR) is 87.7 cm³/mol. The number of primary amides is 1. The summed E-state index contributed by atoms with van der Waals surface area (Å²) in [7, 11) is 0. The van der Waals surface area contributed by atoms with Gasteiger partial charge in [-0.2, -0.15) is 0 Å². The average Bonchev–Trinajstić information content (AvgIpc) is 2.55. The fourth-order valence-corrected chi connectivity index (χ4v) is 1.97. The number of hydrogen-bond donors (Lipinski definition) is 2. The Bertz CT molecular complexity index is 777. The van der Waals surface area contributed by atoms with Crippen LogP contribution in [0.3, 0.4) is 0 Å². The molecule has 24 heavy (non-hydrogen) atoms. The lowest BCUT2D eigenvalue weighted by atomic mass is 10.2. The Labute approximate surface area is 142 Å². The number of benzene rings is 1. The van der Waals surface area contributed by atoms with E-state index < -0.39 is 23.9 Å².